The Hall–Kier alpha value is -1.14. The summed E-state index contributed by atoms with van der Waals surface area (Å²) < 4.78 is 0. The minimum Gasteiger partial charge on any atom is -0.481 e. The second kappa shape index (κ2) is 4.39. The molecule has 0 aromatic rings. The van der Waals surface area contributed by atoms with Crippen molar-refractivity contribution in [3.8, 4) is 0 Å². The Morgan fingerprint density at radius 2 is 2.29 bits per heavy atom. The lowest BCUT2D eigenvalue weighted by Gasteiger charge is -2.18. The quantitative estimate of drug-likeness (QED) is 0.512. The van der Waals surface area contributed by atoms with Crippen LogP contribution in [0.15, 0.2) is 0 Å². The number of carboxylic acids is 1. The summed E-state index contributed by atoms with van der Waals surface area (Å²) in [6.45, 7) is 0.151. The molecular formula is C8H13NO5. The van der Waals surface area contributed by atoms with Crippen molar-refractivity contribution in [2.75, 3.05) is 13.1 Å². The molecule has 6 nitrogen and oxygen atoms in total. The molecule has 1 fully saturated rings. The van der Waals surface area contributed by atoms with Crippen molar-refractivity contribution in [3.05, 3.63) is 0 Å². The maximum atomic E-state index is 11.1. The van der Waals surface area contributed by atoms with Gasteiger partial charge in [0.15, 0.2) is 0 Å². The van der Waals surface area contributed by atoms with Crippen LogP contribution in [-0.2, 0) is 9.59 Å². The summed E-state index contributed by atoms with van der Waals surface area (Å²) in [6.07, 6.45) is -2.10. The van der Waals surface area contributed by atoms with E-state index in [1.807, 2.05) is 0 Å². The molecule has 1 aliphatic heterocycles. The van der Waals surface area contributed by atoms with Gasteiger partial charge in [-0.05, 0) is 0 Å². The van der Waals surface area contributed by atoms with Crippen molar-refractivity contribution in [2.45, 2.75) is 25.0 Å². The first-order valence-corrected chi connectivity index (χ1v) is 4.34. The minimum atomic E-state index is -1.11. The van der Waals surface area contributed by atoms with Gasteiger partial charge >= 0.3 is 5.97 Å². The summed E-state index contributed by atoms with van der Waals surface area (Å²) in [5.74, 6) is -1.35. The average molecular weight is 203 g/mol. The van der Waals surface area contributed by atoms with Gasteiger partial charge in [0.1, 0.15) is 0 Å². The summed E-state index contributed by atoms with van der Waals surface area (Å²) in [5.41, 5.74) is 0. The number of aliphatic carboxylic acids is 1. The molecule has 6 heteroatoms. The number of amides is 1. The zero-order valence-electron chi connectivity index (χ0n) is 7.59. The van der Waals surface area contributed by atoms with Crippen molar-refractivity contribution in [3.63, 3.8) is 0 Å². The van der Waals surface area contributed by atoms with Crippen LogP contribution in [0.25, 0.3) is 0 Å². The van der Waals surface area contributed by atoms with E-state index in [4.69, 9.17) is 10.2 Å². The maximum Gasteiger partial charge on any atom is 0.306 e. The van der Waals surface area contributed by atoms with Gasteiger partial charge in [-0.2, -0.15) is 0 Å². The van der Waals surface area contributed by atoms with Gasteiger partial charge < -0.3 is 20.2 Å². The van der Waals surface area contributed by atoms with Crippen LogP contribution >= 0.6 is 0 Å². The second-order valence-corrected chi connectivity index (χ2v) is 3.41. The molecule has 1 amide bonds. The number of aliphatic hydroxyl groups excluding tert-OH is 2. The van der Waals surface area contributed by atoms with E-state index in [1.165, 1.54) is 4.90 Å². The Kier molecular flexibility index (Phi) is 3.43. The normalized spacial score (nSPS) is 24.0. The first-order chi connectivity index (χ1) is 6.49. The van der Waals surface area contributed by atoms with Crippen molar-refractivity contribution in [2.24, 2.45) is 0 Å². The molecule has 1 saturated heterocycles. The highest BCUT2D eigenvalue weighted by molar-refractivity contribution is 5.79. The second-order valence-electron chi connectivity index (χ2n) is 3.41. The van der Waals surface area contributed by atoms with Crippen molar-refractivity contribution < 1.29 is 24.9 Å². The van der Waals surface area contributed by atoms with E-state index in [-0.39, 0.29) is 31.8 Å². The predicted octanol–water partition coefficient (Wildman–Crippen LogP) is -1.58. The van der Waals surface area contributed by atoms with Gasteiger partial charge in [-0.3, -0.25) is 9.59 Å². The van der Waals surface area contributed by atoms with Crippen LogP contribution in [0.1, 0.15) is 12.8 Å². The average Bonchev–Trinajstić information content (AvgIpc) is 2.28. The van der Waals surface area contributed by atoms with E-state index in [9.17, 15) is 14.7 Å². The third kappa shape index (κ3) is 2.97. The maximum absolute atomic E-state index is 11.1. The first-order valence-electron chi connectivity index (χ1n) is 4.34. The number of hydrogen-bond donors (Lipinski definition) is 3. The van der Waals surface area contributed by atoms with E-state index < -0.39 is 18.2 Å². The number of carbonyl (C=O) groups is 2. The topological polar surface area (TPSA) is 98.1 Å². The number of carboxylic acid groups (broad SMARTS) is 1. The highest BCUT2D eigenvalue weighted by Crippen LogP contribution is 2.11. The number of carbonyl (C=O) groups excluding carboxylic acids is 1. The molecular weight excluding hydrogens is 190 g/mol. The third-order valence-corrected chi connectivity index (χ3v) is 2.04. The largest absolute Gasteiger partial charge is 0.481 e. The molecule has 1 heterocycles. The smallest absolute Gasteiger partial charge is 0.306 e. The molecule has 0 aromatic heterocycles. The third-order valence-electron chi connectivity index (χ3n) is 2.04. The lowest BCUT2D eigenvalue weighted by Crippen LogP contribution is -2.35. The molecule has 0 spiro atoms. The van der Waals surface area contributed by atoms with Gasteiger partial charge in [0, 0.05) is 13.1 Å². The van der Waals surface area contributed by atoms with Gasteiger partial charge in [-0.25, -0.2) is 0 Å². The molecule has 2 unspecified atom stereocenters. The number of likely N-dealkylation sites (tertiary alicyclic amines) is 1. The highest BCUT2D eigenvalue weighted by atomic mass is 16.4. The standard InChI is InChI=1S/C8H13NO5/c10-5-1-7(12)9(3-5)4-6(11)2-8(13)14/h5-6,10-11H,1-4H2,(H,13,14). The molecule has 0 aliphatic carbocycles. The van der Waals surface area contributed by atoms with Crippen LogP contribution in [0.3, 0.4) is 0 Å². The van der Waals surface area contributed by atoms with Crippen molar-refractivity contribution in [1.29, 1.82) is 0 Å². The van der Waals surface area contributed by atoms with Crippen molar-refractivity contribution >= 4 is 11.9 Å². The van der Waals surface area contributed by atoms with Crippen LogP contribution in [0.4, 0.5) is 0 Å². The van der Waals surface area contributed by atoms with Crippen LogP contribution in [0.2, 0.25) is 0 Å². The Morgan fingerprint density at radius 1 is 1.64 bits per heavy atom. The molecule has 1 aliphatic rings. The van der Waals surface area contributed by atoms with Crippen LogP contribution in [0.5, 0.6) is 0 Å². The predicted molar refractivity (Wildman–Crippen MR) is 45.5 cm³/mol. The number of aliphatic hydroxyl groups is 2. The lowest BCUT2D eigenvalue weighted by atomic mass is 10.2. The summed E-state index contributed by atoms with van der Waals surface area (Å²) in [6, 6.07) is 0. The summed E-state index contributed by atoms with van der Waals surface area (Å²) in [4.78, 5) is 22.6. The van der Waals surface area contributed by atoms with Crippen LogP contribution in [-0.4, -0.2) is 57.4 Å². The Labute approximate surface area is 80.8 Å². The van der Waals surface area contributed by atoms with Crippen molar-refractivity contribution in [1.82, 2.24) is 4.90 Å². The molecule has 14 heavy (non-hydrogen) atoms. The van der Waals surface area contributed by atoms with Crippen LogP contribution in [0, 0.1) is 0 Å². The van der Waals surface area contributed by atoms with Gasteiger partial charge in [-0.15, -0.1) is 0 Å². The molecule has 3 N–H and O–H groups in total. The fourth-order valence-electron chi connectivity index (χ4n) is 1.45. The molecule has 0 saturated carbocycles. The van der Waals surface area contributed by atoms with Crippen LogP contribution < -0.4 is 0 Å². The first kappa shape index (κ1) is 10.9. The molecule has 2 atom stereocenters. The molecule has 80 valence electrons. The fourth-order valence-corrected chi connectivity index (χ4v) is 1.45. The summed E-state index contributed by atoms with van der Waals surface area (Å²) in [5, 5.41) is 26.7. The monoisotopic (exact) mass is 203 g/mol. The van der Waals surface area contributed by atoms with Gasteiger partial charge in [0.2, 0.25) is 5.91 Å². The fraction of sp³-hybridized carbons (Fsp3) is 0.750. The minimum absolute atomic E-state index is 0.0256. The number of β-amino-alcohol motifs (C(OH)–C–C–N with tert-alkyl or cyclic N) is 2. The zero-order valence-corrected chi connectivity index (χ0v) is 7.59. The van der Waals surface area contributed by atoms with Gasteiger partial charge in [0.05, 0.1) is 25.0 Å². The zero-order chi connectivity index (χ0) is 10.7. The summed E-state index contributed by atoms with van der Waals surface area (Å²) >= 11 is 0. The Morgan fingerprint density at radius 3 is 2.71 bits per heavy atom. The van der Waals surface area contributed by atoms with Gasteiger partial charge in [0.25, 0.3) is 0 Å². The molecule has 1 rings (SSSR count). The van der Waals surface area contributed by atoms with E-state index >= 15 is 0 Å². The van der Waals surface area contributed by atoms with E-state index in [1.54, 1.807) is 0 Å². The van der Waals surface area contributed by atoms with E-state index in [2.05, 4.69) is 0 Å². The number of nitrogens with zero attached hydrogens (tertiary/aromatic N) is 1. The molecule has 0 aromatic carbocycles. The summed E-state index contributed by atoms with van der Waals surface area (Å²) in [7, 11) is 0. The molecule has 0 radical (unpaired) electrons. The Balaban J connectivity index is 2.37. The SMILES string of the molecule is O=C(O)CC(O)CN1CC(O)CC1=O. The van der Waals surface area contributed by atoms with Gasteiger partial charge in [-0.1, -0.05) is 0 Å². The van der Waals surface area contributed by atoms with E-state index in [0.29, 0.717) is 0 Å². The highest BCUT2D eigenvalue weighted by Gasteiger charge is 2.29. The molecule has 0 bridgehead atoms. The lowest BCUT2D eigenvalue weighted by molar-refractivity contribution is -0.140. The Bertz CT molecular complexity index is 242. The number of hydrogen-bond acceptors (Lipinski definition) is 4. The van der Waals surface area contributed by atoms with E-state index in [0.717, 1.165) is 0 Å². The number of rotatable bonds is 4.